The van der Waals surface area contributed by atoms with Crippen LogP contribution in [0.25, 0.3) is 11.1 Å². The van der Waals surface area contributed by atoms with Crippen LogP contribution in [-0.4, -0.2) is 79.2 Å². The second-order valence-corrected chi connectivity index (χ2v) is 16.2. The van der Waals surface area contributed by atoms with Crippen molar-refractivity contribution in [3.05, 3.63) is 72.0 Å². The molecule has 1 saturated carbocycles. The first-order chi connectivity index (χ1) is 23.2. The molecule has 2 aliphatic heterocycles. The van der Waals surface area contributed by atoms with E-state index in [0.29, 0.717) is 36.5 Å². The number of anilines is 2. The Morgan fingerprint density at radius 1 is 0.939 bits per heavy atom. The molecule has 12 heteroatoms. The molecule has 0 aromatic heterocycles. The van der Waals surface area contributed by atoms with Crippen LogP contribution in [0.5, 0.6) is 5.75 Å². The van der Waals surface area contributed by atoms with Crippen LogP contribution in [0.1, 0.15) is 69.7 Å². The summed E-state index contributed by atoms with van der Waals surface area (Å²) in [5.74, 6) is -1.88. The minimum Gasteiger partial charge on any atom is -0.488 e. The third-order valence-electron chi connectivity index (χ3n) is 9.71. The van der Waals surface area contributed by atoms with Crippen LogP contribution in [0, 0.1) is 11.7 Å². The van der Waals surface area contributed by atoms with Gasteiger partial charge in [-0.1, -0.05) is 43.5 Å². The highest BCUT2D eigenvalue weighted by atomic mass is 32.2. The summed E-state index contributed by atoms with van der Waals surface area (Å²) in [6, 6.07) is 16.2. The maximum absolute atomic E-state index is 14.6. The Bertz CT molecular complexity index is 1820. The van der Waals surface area contributed by atoms with Gasteiger partial charge in [0.25, 0.3) is 0 Å². The summed E-state index contributed by atoms with van der Waals surface area (Å²) >= 11 is 0. The van der Waals surface area contributed by atoms with Gasteiger partial charge < -0.3 is 24.4 Å². The lowest BCUT2D eigenvalue weighted by atomic mass is 9.83. The van der Waals surface area contributed by atoms with Gasteiger partial charge in [-0.2, -0.15) is 4.31 Å². The summed E-state index contributed by atoms with van der Waals surface area (Å²) in [5.41, 5.74) is 0.630. The number of sulfonamides is 1. The van der Waals surface area contributed by atoms with Crippen LogP contribution in [0.3, 0.4) is 0 Å². The molecule has 2 atom stereocenters. The van der Waals surface area contributed by atoms with Gasteiger partial charge in [-0.25, -0.2) is 22.4 Å². The minimum absolute atomic E-state index is 0.0440. The fraction of sp³-hybridized carbons (Fsp3) is 0.459. The van der Waals surface area contributed by atoms with E-state index in [4.69, 9.17) is 9.47 Å². The van der Waals surface area contributed by atoms with E-state index in [1.54, 1.807) is 38.8 Å². The zero-order valence-electron chi connectivity index (χ0n) is 28.4. The average Bonchev–Trinajstić information content (AvgIpc) is 3.51. The van der Waals surface area contributed by atoms with Crippen molar-refractivity contribution in [2.45, 2.75) is 81.9 Å². The molecular formula is C37H44FN3O7S. The number of rotatable bonds is 6. The van der Waals surface area contributed by atoms with Gasteiger partial charge in [0.15, 0.2) is 0 Å². The molecule has 1 amide bonds. The van der Waals surface area contributed by atoms with Gasteiger partial charge in [-0.05, 0) is 75.4 Å². The Morgan fingerprint density at radius 3 is 2.33 bits per heavy atom. The predicted molar refractivity (Wildman–Crippen MR) is 184 cm³/mol. The second kappa shape index (κ2) is 13.6. The van der Waals surface area contributed by atoms with E-state index < -0.39 is 45.2 Å². The highest BCUT2D eigenvalue weighted by Crippen LogP contribution is 2.46. The largest absolute Gasteiger partial charge is 0.488 e. The van der Waals surface area contributed by atoms with Gasteiger partial charge in [0.1, 0.15) is 28.2 Å². The molecule has 262 valence electrons. The number of ether oxygens (including phenoxy) is 2. The molecule has 0 spiro atoms. The van der Waals surface area contributed by atoms with Gasteiger partial charge in [-0.15, -0.1) is 0 Å². The SMILES string of the molecule is CN1[C@H](C2CCCCC2)CN(c2ccccc2)c2cc(O[C@@H]3CCN(C(=O)OC(C)(C)C)C3)c(-c3ccc(F)c(C(=O)O)c3)cc2S1(=O)=O. The molecule has 2 heterocycles. The molecule has 3 aromatic rings. The fourth-order valence-electron chi connectivity index (χ4n) is 7.19. The van der Waals surface area contributed by atoms with Crippen molar-refractivity contribution in [1.82, 2.24) is 9.21 Å². The summed E-state index contributed by atoms with van der Waals surface area (Å²) < 4.78 is 57.5. The standard InChI is InChI=1S/C37H44FN3O7S/c1-37(2,3)48-36(44)40-18-17-27(22-40)47-33-21-31-34(20-28(33)25-15-16-30(38)29(19-25)35(42)43)49(45,46)39(4)32(24-11-7-5-8-12-24)23-41(31)26-13-9-6-10-14-26/h6,9-10,13-16,19-21,24,27,32H,5,7-8,11-12,17-18,22-23H2,1-4H3,(H,42,43)/t27-,32+/m1/s1. The van der Waals surface area contributed by atoms with E-state index in [1.807, 2.05) is 35.2 Å². The van der Waals surface area contributed by atoms with E-state index in [2.05, 4.69) is 0 Å². The summed E-state index contributed by atoms with van der Waals surface area (Å²) in [6.07, 6.45) is 4.68. The van der Waals surface area contributed by atoms with Crippen LogP contribution in [0.4, 0.5) is 20.6 Å². The molecule has 0 radical (unpaired) electrons. The number of fused-ring (bicyclic) bond motifs is 1. The highest BCUT2D eigenvalue weighted by molar-refractivity contribution is 7.89. The van der Waals surface area contributed by atoms with Crippen LogP contribution in [-0.2, 0) is 14.8 Å². The number of halogens is 1. The number of carbonyl (C=O) groups excluding carboxylic acids is 1. The minimum atomic E-state index is -4.07. The number of benzene rings is 3. The first-order valence-electron chi connectivity index (χ1n) is 16.9. The third-order valence-corrected chi connectivity index (χ3v) is 11.6. The topological polar surface area (TPSA) is 117 Å². The molecule has 3 aliphatic rings. The van der Waals surface area contributed by atoms with Crippen molar-refractivity contribution in [2.75, 3.05) is 31.6 Å². The molecule has 3 aromatic carbocycles. The predicted octanol–water partition coefficient (Wildman–Crippen LogP) is 7.30. The maximum atomic E-state index is 14.6. The number of hydrogen-bond donors (Lipinski definition) is 1. The number of carbonyl (C=O) groups is 2. The molecule has 49 heavy (non-hydrogen) atoms. The Kier molecular flexibility index (Phi) is 9.65. The first kappa shape index (κ1) is 34.7. The lowest BCUT2D eigenvalue weighted by Gasteiger charge is -2.36. The molecule has 0 bridgehead atoms. The zero-order valence-corrected chi connectivity index (χ0v) is 29.2. The highest BCUT2D eigenvalue weighted by Gasteiger charge is 2.42. The Hall–Kier alpha value is -4.16. The number of hydrogen-bond acceptors (Lipinski definition) is 7. The van der Waals surface area contributed by atoms with Crippen molar-refractivity contribution >= 4 is 33.5 Å². The van der Waals surface area contributed by atoms with Gasteiger partial charge in [0, 0.05) is 49.9 Å². The zero-order chi connectivity index (χ0) is 35.1. The van der Waals surface area contributed by atoms with Crippen molar-refractivity contribution < 1.29 is 37.0 Å². The number of likely N-dealkylation sites (tertiary alicyclic amines) is 1. The van der Waals surface area contributed by atoms with E-state index in [1.165, 1.54) is 22.5 Å². The summed E-state index contributed by atoms with van der Waals surface area (Å²) in [6.45, 7) is 6.46. The van der Waals surface area contributed by atoms with Crippen molar-refractivity contribution in [1.29, 1.82) is 0 Å². The number of amides is 1. The van der Waals surface area contributed by atoms with Crippen molar-refractivity contribution in [3.8, 4) is 16.9 Å². The Morgan fingerprint density at radius 2 is 1.65 bits per heavy atom. The quantitative estimate of drug-likeness (QED) is 0.286. The smallest absolute Gasteiger partial charge is 0.410 e. The van der Waals surface area contributed by atoms with E-state index in [-0.39, 0.29) is 29.0 Å². The third kappa shape index (κ3) is 7.26. The summed E-state index contributed by atoms with van der Waals surface area (Å²) in [4.78, 5) is 28.4. The molecule has 1 saturated heterocycles. The Balaban J connectivity index is 1.50. The van der Waals surface area contributed by atoms with Crippen molar-refractivity contribution in [2.24, 2.45) is 5.92 Å². The van der Waals surface area contributed by atoms with Gasteiger partial charge in [0.2, 0.25) is 10.0 Å². The molecule has 0 unspecified atom stereocenters. The number of aromatic carboxylic acids is 1. The van der Waals surface area contributed by atoms with Gasteiger partial charge in [0.05, 0.1) is 17.8 Å². The lowest BCUT2D eigenvalue weighted by molar-refractivity contribution is 0.0275. The lowest BCUT2D eigenvalue weighted by Crippen LogP contribution is -2.46. The molecular weight excluding hydrogens is 649 g/mol. The number of likely N-dealkylation sites (N-methyl/N-ethyl adjacent to an activating group) is 1. The van der Waals surface area contributed by atoms with Crippen LogP contribution in [0.2, 0.25) is 0 Å². The van der Waals surface area contributed by atoms with Gasteiger partial charge >= 0.3 is 12.1 Å². The second-order valence-electron chi connectivity index (χ2n) is 14.2. The molecule has 10 nitrogen and oxygen atoms in total. The van der Waals surface area contributed by atoms with Crippen molar-refractivity contribution in [3.63, 3.8) is 0 Å². The molecule has 2 fully saturated rings. The normalized spacial score (nSPS) is 21.6. The van der Waals surface area contributed by atoms with E-state index >= 15 is 0 Å². The van der Waals surface area contributed by atoms with Crippen LogP contribution >= 0.6 is 0 Å². The molecule has 6 rings (SSSR count). The summed E-state index contributed by atoms with van der Waals surface area (Å²) in [5, 5.41) is 9.73. The maximum Gasteiger partial charge on any atom is 0.410 e. The van der Waals surface area contributed by atoms with Crippen LogP contribution < -0.4 is 9.64 Å². The average molecular weight is 694 g/mol. The number of carboxylic acids is 1. The first-order valence-corrected chi connectivity index (χ1v) is 18.3. The van der Waals surface area contributed by atoms with E-state index in [0.717, 1.165) is 43.9 Å². The number of carboxylic acid groups (broad SMARTS) is 1. The monoisotopic (exact) mass is 693 g/mol. The van der Waals surface area contributed by atoms with Gasteiger partial charge in [-0.3, -0.25) is 0 Å². The Labute approximate surface area is 287 Å². The van der Waals surface area contributed by atoms with E-state index in [9.17, 15) is 27.5 Å². The fourth-order valence-corrected chi connectivity index (χ4v) is 8.80. The number of nitrogens with zero attached hydrogens (tertiary/aromatic N) is 3. The summed E-state index contributed by atoms with van der Waals surface area (Å²) in [7, 11) is -2.43. The molecule has 1 aliphatic carbocycles. The number of para-hydroxylation sites is 1. The molecule has 1 N–H and O–H groups in total. The van der Waals surface area contributed by atoms with Crippen LogP contribution in [0.15, 0.2) is 65.6 Å².